The lowest BCUT2D eigenvalue weighted by atomic mass is 9.83. The predicted molar refractivity (Wildman–Crippen MR) is 138 cm³/mol. The molecule has 3 heterocycles. The molecule has 4 nitrogen and oxygen atoms in total. The summed E-state index contributed by atoms with van der Waals surface area (Å²) in [6.07, 6.45) is 1.66. The minimum Gasteiger partial charge on any atom is -0.365 e. The van der Waals surface area contributed by atoms with Crippen LogP contribution in [0.3, 0.4) is 0 Å². The first-order valence-corrected chi connectivity index (χ1v) is 12.7. The van der Waals surface area contributed by atoms with Crippen LogP contribution in [-0.2, 0) is 23.5 Å². The number of nitrogens with zero attached hydrogens (tertiary/aromatic N) is 2. The van der Waals surface area contributed by atoms with Gasteiger partial charge in [0.2, 0.25) is 0 Å². The number of para-hydroxylation sites is 1. The molecular weight excluding hydrogens is 488 g/mol. The van der Waals surface area contributed by atoms with Crippen LogP contribution in [0.1, 0.15) is 45.6 Å². The number of hydrogen-bond donors (Lipinski definition) is 0. The van der Waals surface area contributed by atoms with Crippen LogP contribution in [0.4, 0.5) is 0 Å². The van der Waals surface area contributed by atoms with Crippen molar-refractivity contribution >= 4 is 32.7 Å². The largest absolute Gasteiger partial charge is 0.365 e. The van der Waals surface area contributed by atoms with Crippen molar-refractivity contribution in [3.05, 3.63) is 105 Å². The maximum atomic E-state index is 13.9. The van der Waals surface area contributed by atoms with Crippen molar-refractivity contribution in [2.24, 2.45) is 0 Å². The number of ether oxygens (including phenoxy) is 1. The van der Waals surface area contributed by atoms with Crippen LogP contribution in [0.5, 0.6) is 0 Å². The number of rotatable bonds is 3. The lowest BCUT2D eigenvalue weighted by Gasteiger charge is -2.39. The Hall–Kier alpha value is -2.89. The van der Waals surface area contributed by atoms with Gasteiger partial charge in [-0.25, -0.2) is 0 Å². The highest BCUT2D eigenvalue weighted by Crippen LogP contribution is 2.45. The van der Waals surface area contributed by atoms with Crippen LogP contribution in [0.25, 0.3) is 10.9 Å². The van der Waals surface area contributed by atoms with E-state index in [9.17, 15) is 4.79 Å². The zero-order chi connectivity index (χ0) is 23.3. The number of amides is 1. The van der Waals surface area contributed by atoms with Crippen molar-refractivity contribution in [2.75, 3.05) is 13.1 Å². The standard InChI is InChI=1S/C29H27BrN2O2/c1-20-27(24-9-5-6-10-26(24)32(20)18-21-7-3-2-4-8-21)28(33)31-15-13-29(14-16-31)25-12-11-23(30)17-22(25)19-34-29/h2-12,17H,13-16,18-19H2,1H3. The SMILES string of the molecule is Cc1c(C(=O)N2CCC3(CC2)OCc2cc(Br)ccc23)c2ccccc2n1Cc1ccccc1. The number of hydrogen-bond acceptors (Lipinski definition) is 2. The second-order valence-corrected chi connectivity index (χ2v) is 10.3. The molecule has 2 aliphatic rings. The van der Waals surface area contributed by atoms with Gasteiger partial charge in [-0.05, 0) is 54.7 Å². The maximum Gasteiger partial charge on any atom is 0.256 e. The molecule has 0 radical (unpaired) electrons. The van der Waals surface area contributed by atoms with Gasteiger partial charge in [-0.1, -0.05) is 70.5 Å². The minimum atomic E-state index is -0.261. The summed E-state index contributed by atoms with van der Waals surface area (Å²) in [6, 6.07) is 25.2. The Morgan fingerprint density at radius 2 is 1.74 bits per heavy atom. The molecular formula is C29H27BrN2O2. The lowest BCUT2D eigenvalue weighted by Crippen LogP contribution is -2.45. The normalized spacial score (nSPS) is 16.8. The van der Waals surface area contributed by atoms with Crippen LogP contribution < -0.4 is 0 Å². The Bertz CT molecular complexity index is 1380. The molecule has 4 aromatic rings. The average molecular weight is 515 g/mol. The van der Waals surface area contributed by atoms with E-state index in [2.05, 4.69) is 88.1 Å². The van der Waals surface area contributed by atoms with Gasteiger partial charge in [-0.3, -0.25) is 4.79 Å². The third-order valence-electron chi connectivity index (χ3n) is 7.55. The van der Waals surface area contributed by atoms with E-state index >= 15 is 0 Å². The molecule has 0 unspecified atom stereocenters. The number of likely N-dealkylation sites (tertiary alicyclic amines) is 1. The molecule has 1 aromatic heterocycles. The molecule has 1 fully saturated rings. The van der Waals surface area contributed by atoms with Crippen molar-refractivity contribution < 1.29 is 9.53 Å². The number of fused-ring (bicyclic) bond motifs is 3. The number of carbonyl (C=O) groups excluding carboxylic acids is 1. The number of aromatic nitrogens is 1. The fourth-order valence-electron chi connectivity index (χ4n) is 5.73. The van der Waals surface area contributed by atoms with Crippen molar-refractivity contribution in [2.45, 2.75) is 38.5 Å². The number of carbonyl (C=O) groups is 1. The Balaban J connectivity index is 1.29. The van der Waals surface area contributed by atoms with E-state index in [0.29, 0.717) is 19.7 Å². The minimum absolute atomic E-state index is 0.129. The number of benzene rings is 3. The van der Waals surface area contributed by atoms with E-state index in [1.54, 1.807) is 0 Å². The van der Waals surface area contributed by atoms with Gasteiger partial charge in [0.15, 0.2) is 0 Å². The second-order valence-electron chi connectivity index (χ2n) is 9.43. The van der Waals surface area contributed by atoms with Gasteiger partial charge in [-0.15, -0.1) is 0 Å². The topological polar surface area (TPSA) is 34.5 Å². The monoisotopic (exact) mass is 514 g/mol. The second kappa shape index (κ2) is 8.40. The quantitative estimate of drug-likeness (QED) is 0.316. The molecule has 5 heteroatoms. The zero-order valence-electron chi connectivity index (χ0n) is 19.3. The van der Waals surface area contributed by atoms with Crippen LogP contribution in [0.2, 0.25) is 0 Å². The van der Waals surface area contributed by atoms with Gasteiger partial charge in [0.1, 0.15) is 0 Å². The van der Waals surface area contributed by atoms with E-state index in [0.717, 1.165) is 46.0 Å². The van der Waals surface area contributed by atoms with E-state index in [4.69, 9.17) is 4.74 Å². The van der Waals surface area contributed by atoms with Gasteiger partial charge in [-0.2, -0.15) is 0 Å². The molecule has 2 aliphatic heterocycles. The van der Waals surface area contributed by atoms with Crippen molar-refractivity contribution in [1.82, 2.24) is 9.47 Å². The summed E-state index contributed by atoms with van der Waals surface area (Å²) in [4.78, 5) is 15.9. The molecule has 0 saturated carbocycles. The Labute approximate surface area is 208 Å². The molecule has 3 aromatic carbocycles. The molecule has 1 amide bonds. The predicted octanol–water partition coefficient (Wildman–Crippen LogP) is 6.42. The summed E-state index contributed by atoms with van der Waals surface area (Å²) in [6.45, 7) is 4.88. The van der Waals surface area contributed by atoms with E-state index < -0.39 is 0 Å². The molecule has 0 atom stereocenters. The van der Waals surface area contributed by atoms with Crippen molar-refractivity contribution in [3.63, 3.8) is 0 Å². The van der Waals surface area contributed by atoms with Gasteiger partial charge >= 0.3 is 0 Å². The number of piperidine rings is 1. The first-order valence-electron chi connectivity index (χ1n) is 11.9. The van der Waals surface area contributed by atoms with Gasteiger partial charge in [0.05, 0.1) is 17.8 Å². The van der Waals surface area contributed by atoms with Crippen LogP contribution >= 0.6 is 15.9 Å². The third kappa shape index (κ3) is 3.50. The summed E-state index contributed by atoms with van der Waals surface area (Å²) in [5, 5.41) is 1.04. The van der Waals surface area contributed by atoms with E-state index in [1.807, 2.05) is 17.0 Å². The molecule has 1 saturated heterocycles. The van der Waals surface area contributed by atoms with Crippen molar-refractivity contribution in [3.8, 4) is 0 Å². The highest BCUT2D eigenvalue weighted by molar-refractivity contribution is 9.10. The van der Waals surface area contributed by atoms with Crippen LogP contribution in [0, 0.1) is 6.92 Å². The number of halogens is 1. The molecule has 0 bridgehead atoms. The Morgan fingerprint density at radius 1 is 1.00 bits per heavy atom. The summed E-state index contributed by atoms with van der Waals surface area (Å²) in [5.41, 5.74) is 6.49. The molecule has 0 N–H and O–H groups in total. The lowest BCUT2D eigenvalue weighted by molar-refractivity contribution is -0.0741. The molecule has 172 valence electrons. The fourth-order valence-corrected chi connectivity index (χ4v) is 6.14. The molecule has 6 rings (SSSR count). The first-order chi connectivity index (χ1) is 16.6. The highest BCUT2D eigenvalue weighted by Gasteiger charge is 2.43. The molecule has 0 aliphatic carbocycles. The molecule has 1 spiro atoms. The van der Waals surface area contributed by atoms with Crippen LogP contribution in [-0.4, -0.2) is 28.5 Å². The van der Waals surface area contributed by atoms with Gasteiger partial charge in [0, 0.05) is 40.7 Å². The van der Waals surface area contributed by atoms with Crippen LogP contribution in [0.15, 0.2) is 77.3 Å². The smallest absolute Gasteiger partial charge is 0.256 e. The van der Waals surface area contributed by atoms with E-state index in [-0.39, 0.29) is 11.5 Å². The maximum absolute atomic E-state index is 13.9. The Kier molecular flexibility index (Phi) is 5.34. The summed E-state index contributed by atoms with van der Waals surface area (Å²) in [5.74, 6) is 0.129. The van der Waals surface area contributed by atoms with Gasteiger partial charge in [0.25, 0.3) is 5.91 Å². The fraction of sp³-hybridized carbons (Fsp3) is 0.276. The molecule has 34 heavy (non-hydrogen) atoms. The highest BCUT2D eigenvalue weighted by atomic mass is 79.9. The first kappa shape index (κ1) is 21.6. The summed E-state index contributed by atoms with van der Waals surface area (Å²) in [7, 11) is 0. The average Bonchev–Trinajstić information content (AvgIpc) is 3.34. The van der Waals surface area contributed by atoms with Gasteiger partial charge < -0.3 is 14.2 Å². The van der Waals surface area contributed by atoms with E-state index in [1.165, 1.54) is 16.7 Å². The van der Waals surface area contributed by atoms with Crippen molar-refractivity contribution in [1.29, 1.82) is 0 Å². The summed E-state index contributed by atoms with van der Waals surface area (Å²) < 4.78 is 9.70. The third-order valence-corrected chi connectivity index (χ3v) is 8.04. The zero-order valence-corrected chi connectivity index (χ0v) is 20.8. The Morgan fingerprint density at radius 3 is 2.53 bits per heavy atom. The summed E-state index contributed by atoms with van der Waals surface area (Å²) >= 11 is 3.57.